The van der Waals surface area contributed by atoms with Crippen LogP contribution in [0.4, 0.5) is 5.82 Å². The van der Waals surface area contributed by atoms with Crippen molar-refractivity contribution in [1.29, 1.82) is 0 Å². The van der Waals surface area contributed by atoms with Crippen LogP contribution in [0.3, 0.4) is 0 Å². The van der Waals surface area contributed by atoms with Crippen LogP contribution in [0.15, 0.2) is 42.6 Å². The van der Waals surface area contributed by atoms with Crippen LogP contribution in [0.5, 0.6) is 0 Å². The number of hydrogen-bond donors (Lipinski definition) is 1. The van der Waals surface area contributed by atoms with E-state index in [1.165, 1.54) is 5.56 Å². The summed E-state index contributed by atoms with van der Waals surface area (Å²) in [6, 6.07) is 12.7. The van der Waals surface area contributed by atoms with Gasteiger partial charge in [0.2, 0.25) is 5.28 Å². The summed E-state index contributed by atoms with van der Waals surface area (Å²) in [4.78, 5) is 8.80. The van der Waals surface area contributed by atoms with E-state index in [0.29, 0.717) is 0 Å². The topological polar surface area (TPSA) is 61.2 Å². The van der Waals surface area contributed by atoms with Crippen LogP contribution in [0.2, 0.25) is 5.28 Å². The minimum atomic E-state index is -0.604. The highest BCUT2D eigenvalue weighted by Crippen LogP contribution is 2.51. The predicted molar refractivity (Wildman–Crippen MR) is 109 cm³/mol. The predicted octanol–water partition coefficient (Wildman–Crippen LogP) is 4.38. The fourth-order valence-corrected chi connectivity index (χ4v) is 4.88. The molecule has 4 atom stereocenters. The molecule has 1 aromatic carbocycles. The highest BCUT2D eigenvalue weighted by atomic mass is 35.5. The number of nitrogens with one attached hydrogen (secondary N) is 1. The molecule has 5 rings (SSSR count). The van der Waals surface area contributed by atoms with Crippen molar-refractivity contribution in [3.05, 3.63) is 53.4 Å². The zero-order chi connectivity index (χ0) is 19.5. The smallest absolute Gasteiger partial charge is 0.226 e. The molecule has 2 aromatic heterocycles. The van der Waals surface area contributed by atoms with Crippen molar-refractivity contribution in [2.24, 2.45) is 0 Å². The molecule has 0 bridgehead atoms. The third-order valence-electron chi connectivity index (χ3n) is 5.80. The van der Waals surface area contributed by atoms with E-state index >= 15 is 0 Å². The van der Waals surface area contributed by atoms with E-state index in [-0.39, 0.29) is 29.5 Å². The molecule has 7 heteroatoms. The van der Waals surface area contributed by atoms with Crippen LogP contribution in [0.25, 0.3) is 11.0 Å². The van der Waals surface area contributed by atoms with Crippen LogP contribution >= 0.6 is 11.6 Å². The van der Waals surface area contributed by atoms with Gasteiger partial charge in [-0.3, -0.25) is 0 Å². The number of fused-ring (bicyclic) bond motifs is 2. The average molecular weight is 399 g/mol. The van der Waals surface area contributed by atoms with Crippen LogP contribution in [0, 0.1) is 0 Å². The molecule has 0 spiro atoms. The maximum Gasteiger partial charge on any atom is 0.226 e. The molecule has 1 saturated heterocycles. The van der Waals surface area contributed by atoms with Crippen LogP contribution in [0.1, 0.15) is 37.8 Å². The zero-order valence-corrected chi connectivity index (χ0v) is 16.8. The third-order valence-corrected chi connectivity index (χ3v) is 5.97. The molecule has 1 saturated carbocycles. The lowest BCUT2D eigenvalue weighted by molar-refractivity contribution is -0.157. The Morgan fingerprint density at radius 1 is 1.11 bits per heavy atom. The molecule has 1 aliphatic heterocycles. The van der Waals surface area contributed by atoms with Gasteiger partial charge >= 0.3 is 0 Å². The Morgan fingerprint density at radius 3 is 2.61 bits per heavy atom. The van der Waals surface area contributed by atoms with Crippen LogP contribution in [-0.2, 0) is 9.47 Å². The van der Waals surface area contributed by atoms with Gasteiger partial charge in [0.05, 0.1) is 17.5 Å². The molecule has 28 heavy (non-hydrogen) atoms. The quantitative estimate of drug-likeness (QED) is 0.663. The molecule has 2 fully saturated rings. The van der Waals surface area contributed by atoms with E-state index in [4.69, 9.17) is 21.1 Å². The van der Waals surface area contributed by atoms with Crippen molar-refractivity contribution in [2.75, 3.05) is 12.4 Å². The number of hydrogen-bond acceptors (Lipinski definition) is 5. The maximum atomic E-state index is 6.36. The molecule has 1 N–H and O–H groups in total. The summed E-state index contributed by atoms with van der Waals surface area (Å²) in [5, 5.41) is 4.28. The van der Waals surface area contributed by atoms with Crippen molar-refractivity contribution >= 4 is 28.5 Å². The summed E-state index contributed by atoms with van der Waals surface area (Å²) in [6.45, 7) is 3.96. The van der Waals surface area contributed by atoms with Gasteiger partial charge in [0.15, 0.2) is 5.79 Å². The minimum Gasteiger partial charge on any atom is -0.372 e. The normalized spacial score (nSPS) is 28.6. The molecule has 146 valence electrons. The summed E-state index contributed by atoms with van der Waals surface area (Å²) >= 11 is 6.19. The van der Waals surface area contributed by atoms with Gasteiger partial charge in [-0.15, -0.1) is 0 Å². The molecule has 2 aliphatic rings. The Balaban J connectivity index is 1.60. The summed E-state index contributed by atoms with van der Waals surface area (Å²) in [5.74, 6) is 0.385. The van der Waals surface area contributed by atoms with E-state index < -0.39 is 5.79 Å². The fraction of sp³-hybridized carbons (Fsp3) is 0.429. The van der Waals surface area contributed by atoms with Gasteiger partial charge in [-0.05, 0) is 43.5 Å². The van der Waals surface area contributed by atoms with Gasteiger partial charge in [0.1, 0.15) is 17.6 Å². The Bertz CT molecular complexity index is 1020. The SMILES string of the molecule is CNc1nc(Cl)nc2c1ccn2[C@@H]1C[C@H](c2ccccc2)[C@H]2OC(C)(C)O[C@H]21. The number of benzene rings is 1. The monoisotopic (exact) mass is 398 g/mol. The maximum absolute atomic E-state index is 6.36. The van der Waals surface area contributed by atoms with Gasteiger partial charge in [0, 0.05) is 19.2 Å². The Labute approximate surface area is 168 Å². The summed E-state index contributed by atoms with van der Waals surface area (Å²) in [7, 11) is 1.84. The Hall–Kier alpha value is -2.15. The molecular weight excluding hydrogens is 376 g/mol. The second-order valence-corrected chi connectivity index (χ2v) is 8.27. The van der Waals surface area contributed by atoms with Crippen molar-refractivity contribution in [1.82, 2.24) is 14.5 Å². The fourth-order valence-electron chi connectivity index (χ4n) is 4.72. The van der Waals surface area contributed by atoms with Crippen molar-refractivity contribution in [3.8, 4) is 0 Å². The molecular formula is C21H23ClN4O2. The second kappa shape index (κ2) is 6.44. The van der Waals surface area contributed by atoms with Gasteiger partial charge < -0.3 is 19.4 Å². The van der Waals surface area contributed by atoms with Gasteiger partial charge in [-0.1, -0.05) is 30.3 Å². The molecule has 0 radical (unpaired) electrons. The molecule has 6 nitrogen and oxygen atoms in total. The molecule has 3 aromatic rings. The third kappa shape index (κ3) is 2.79. The van der Waals surface area contributed by atoms with E-state index in [1.807, 2.05) is 33.0 Å². The number of ether oxygens (including phenoxy) is 2. The Kier molecular flexibility index (Phi) is 4.12. The second-order valence-electron chi connectivity index (χ2n) is 7.94. The van der Waals surface area contributed by atoms with E-state index in [1.54, 1.807) is 0 Å². The zero-order valence-electron chi connectivity index (χ0n) is 16.1. The van der Waals surface area contributed by atoms with Crippen molar-refractivity contribution < 1.29 is 9.47 Å². The number of nitrogens with zero attached hydrogens (tertiary/aromatic N) is 3. The lowest BCUT2D eigenvalue weighted by atomic mass is 9.95. The first kappa shape index (κ1) is 17.9. The lowest BCUT2D eigenvalue weighted by Crippen LogP contribution is -2.27. The highest BCUT2D eigenvalue weighted by Gasteiger charge is 2.55. The van der Waals surface area contributed by atoms with Gasteiger partial charge in [0.25, 0.3) is 0 Å². The van der Waals surface area contributed by atoms with Crippen LogP contribution in [-0.4, -0.2) is 39.6 Å². The van der Waals surface area contributed by atoms with Crippen LogP contribution < -0.4 is 5.32 Å². The van der Waals surface area contributed by atoms with E-state index in [2.05, 4.69) is 50.3 Å². The standard InChI is InChI=1S/C21H23ClN4O2/c1-21(2)27-16-14(12-7-5-4-6-8-12)11-15(17(16)28-21)26-10-9-13-18(23-3)24-20(22)25-19(13)26/h4-10,14-17H,11H2,1-3H3,(H,23,24,25)/t14-,15-,16-,17+/m1/s1. The largest absolute Gasteiger partial charge is 0.372 e. The first-order chi connectivity index (χ1) is 13.5. The molecule has 1 aliphatic carbocycles. The number of aromatic nitrogens is 3. The molecule has 0 amide bonds. The Morgan fingerprint density at radius 2 is 1.86 bits per heavy atom. The first-order valence-corrected chi connectivity index (χ1v) is 9.97. The van der Waals surface area contributed by atoms with Gasteiger partial charge in [-0.25, -0.2) is 4.98 Å². The highest BCUT2D eigenvalue weighted by molar-refractivity contribution is 6.28. The number of halogens is 1. The van der Waals surface area contributed by atoms with E-state index in [0.717, 1.165) is 23.3 Å². The summed E-state index contributed by atoms with van der Waals surface area (Å²) in [5.41, 5.74) is 2.09. The van der Waals surface area contributed by atoms with Crippen molar-refractivity contribution in [2.45, 2.75) is 50.2 Å². The summed E-state index contributed by atoms with van der Waals surface area (Å²) < 4.78 is 14.9. The average Bonchev–Trinajstić information content (AvgIpc) is 3.32. The summed E-state index contributed by atoms with van der Waals surface area (Å²) in [6.07, 6.45) is 2.92. The number of rotatable bonds is 3. The van der Waals surface area contributed by atoms with E-state index in [9.17, 15) is 0 Å². The minimum absolute atomic E-state index is 0.000861. The lowest BCUT2D eigenvalue weighted by Gasteiger charge is -2.24. The molecule has 0 unspecified atom stereocenters. The first-order valence-electron chi connectivity index (χ1n) is 9.59. The van der Waals surface area contributed by atoms with Crippen molar-refractivity contribution in [3.63, 3.8) is 0 Å². The molecule has 3 heterocycles. The number of anilines is 1. The van der Waals surface area contributed by atoms with Gasteiger partial charge in [-0.2, -0.15) is 4.98 Å².